The fourth-order valence-electron chi connectivity index (χ4n) is 2.90. The van der Waals surface area contributed by atoms with Crippen LogP contribution in [0.15, 0.2) is 27.3 Å². The van der Waals surface area contributed by atoms with Crippen molar-refractivity contribution in [2.24, 2.45) is 5.92 Å². The number of nitrogens with zero attached hydrogens (tertiary/aromatic N) is 1. The maximum Gasteiger partial charge on any atom is 0.256 e. The summed E-state index contributed by atoms with van der Waals surface area (Å²) in [4.78, 5) is 17.7. The Balaban J connectivity index is 1.87. The SMILES string of the molecule is O=C(c1c[nH]c2cc(Br)c(Br)cc12)N1CCC(CCO)C1. The molecule has 6 heteroatoms. The zero-order chi connectivity index (χ0) is 15.0. The summed E-state index contributed by atoms with van der Waals surface area (Å²) in [5.74, 6) is 0.487. The molecule has 4 nitrogen and oxygen atoms in total. The Morgan fingerprint density at radius 2 is 2.14 bits per heavy atom. The van der Waals surface area contributed by atoms with Crippen molar-refractivity contribution in [3.05, 3.63) is 32.8 Å². The van der Waals surface area contributed by atoms with Gasteiger partial charge in [0, 0.05) is 45.7 Å². The molecule has 1 fully saturated rings. The van der Waals surface area contributed by atoms with Crippen LogP contribution in [0.2, 0.25) is 0 Å². The Kier molecular flexibility index (Phi) is 4.38. The van der Waals surface area contributed by atoms with E-state index in [9.17, 15) is 4.79 Å². The van der Waals surface area contributed by atoms with Gasteiger partial charge in [0.1, 0.15) is 0 Å². The van der Waals surface area contributed by atoms with Gasteiger partial charge in [0.05, 0.1) is 5.56 Å². The predicted octanol–water partition coefficient (Wildman–Crippen LogP) is 3.54. The number of amides is 1. The van der Waals surface area contributed by atoms with Crippen LogP contribution in [0.5, 0.6) is 0 Å². The normalized spacial score (nSPS) is 18.6. The second-order valence-corrected chi connectivity index (χ2v) is 7.14. The Hall–Kier alpha value is -0.850. The highest BCUT2D eigenvalue weighted by Gasteiger charge is 2.27. The van der Waals surface area contributed by atoms with Gasteiger partial charge in [-0.3, -0.25) is 4.79 Å². The number of hydrogen-bond donors (Lipinski definition) is 2. The minimum Gasteiger partial charge on any atom is -0.396 e. The number of aliphatic hydroxyl groups is 1. The van der Waals surface area contributed by atoms with Crippen molar-refractivity contribution in [2.75, 3.05) is 19.7 Å². The van der Waals surface area contributed by atoms with Crippen LogP contribution in [0, 0.1) is 5.92 Å². The van der Waals surface area contributed by atoms with Crippen molar-refractivity contribution < 1.29 is 9.90 Å². The lowest BCUT2D eigenvalue weighted by molar-refractivity contribution is 0.0786. The summed E-state index contributed by atoms with van der Waals surface area (Å²) in [6, 6.07) is 3.93. The fourth-order valence-corrected chi connectivity index (χ4v) is 3.59. The third kappa shape index (κ3) is 2.89. The second-order valence-electron chi connectivity index (χ2n) is 5.43. The molecule has 1 saturated heterocycles. The zero-order valence-electron chi connectivity index (χ0n) is 11.4. The molecule has 0 saturated carbocycles. The van der Waals surface area contributed by atoms with E-state index in [1.165, 1.54) is 0 Å². The van der Waals surface area contributed by atoms with Crippen molar-refractivity contribution in [2.45, 2.75) is 12.8 Å². The van der Waals surface area contributed by atoms with E-state index in [2.05, 4.69) is 36.8 Å². The lowest BCUT2D eigenvalue weighted by atomic mass is 10.1. The molecule has 2 N–H and O–H groups in total. The first-order chi connectivity index (χ1) is 10.1. The monoisotopic (exact) mass is 414 g/mol. The van der Waals surface area contributed by atoms with Gasteiger partial charge < -0.3 is 15.0 Å². The van der Waals surface area contributed by atoms with E-state index in [4.69, 9.17) is 5.11 Å². The molecule has 112 valence electrons. The van der Waals surface area contributed by atoms with Crippen LogP contribution in [0.25, 0.3) is 10.9 Å². The van der Waals surface area contributed by atoms with Crippen LogP contribution in [0.1, 0.15) is 23.2 Å². The Bertz CT molecular complexity index is 684. The number of nitrogens with one attached hydrogen (secondary N) is 1. The number of aliphatic hydroxyl groups excluding tert-OH is 1. The zero-order valence-corrected chi connectivity index (χ0v) is 14.6. The van der Waals surface area contributed by atoms with Crippen molar-refractivity contribution in [3.8, 4) is 0 Å². The lowest BCUT2D eigenvalue weighted by Gasteiger charge is -2.16. The quantitative estimate of drug-likeness (QED) is 0.805. The molecule has 1 aromatic heterocycles. The number of fused-ring (bicyclic) bond motifs is 1. The number of carbonyl (C=O) groups excluding carboxylic acids is 1. The Morgan fingerprint density at radius 1 is 1.38 bits per heavy atom. The molecule has 0 spiro atoms. The van der Waals surface area contributed by atoms with Gasteiger partial charge in [-0.05, 0) is 62.8 Å². The van der Waals surface area contributed by atoms with Crippen LogP contribution >= 0.6 is 31.9 Å². The standard InChI is InChI=1S/C15H16Br2N2O2/c16-12-5-10-11(7-18-14(10)6-13(12)17)15(21)19-3-1-9(8-19)2-4-20/h5-7,9,18,20H,1-4,8H2. The minimum absolute atomic E-state index is 0.0657. The van der Waals surface area contributed by atoms with E-state index in [1.807, 2.05) is 17.0 Å². The van der Waals surface area contributed by atoms with E-state index >= 15 is 0 Å². The molecule has 1 aromatic carbocycles. The second kappa shape index (κ2) is 6.10. The summed E-state index contributed by atoms with van der Waals surface area (Å²) < 4.78 is 1.89. The summed E-state index contributed by atoms with van der Waals surface area (Å²) in [6.45, 7) is 1.71. The Morgan fingerprint density at radius 3 is 2.90 bits per heavy atom. The van der Waals surface area contributed by atoms with Crippen LogP contribution < -0.4 is 0 Å². The van der Waals surface area contributed by atoms with Crippen molar-refractivity contribution in [1.29, 1.82) is 0 Å². The predicted molar refractivity (Wildman–Crippen MR) is 89.4 cm³/mol. The number of carbonyl (C=O) groups is 1. The highest BCUT2D eigenvalue weighted by Crippen LogP contribution is 2.31. The van der Waals surface area contributed by atoms with E-state index in [0.717, 1.165) is 45.8 Å². The number of aromatic amines is 1. The fraction of sp³-hybridized carbons (Fsp3) is 0.400. The molecule has 1 aliphatic heterocycles. The van der Waals surface area contributed by atoms with E-state index in [1.54, 1.807) is 6.20 Å². The van der Waals surface area contributed by atoms with Gasteiger partial charge in [0.25, 0.3) is 5.91 Å². The lowest BCUT2D eigenvalue weighted by Crippen LogP contribution is -2.28. The van der Waals surface area contributed by atoms with E-state index in [-0.39, 0.29) is 12.5 Å². The number of rotatable bonds is 3. The number of H-pyrrole nitrogens is 1. The highest BCUT2D eigenvalue weighted by molar-refractivity contribution is 9.13. The van der Waals surface area contributed by atoms with Crippen molar-refractivity contribution in [3.63, 3.8) is 0 Å². The highest BCUT2D eigenvalue weighted by atomic mass is 79.9. The molecule has 2 heterocycles. The van der Waals surface area contributed by atoms with Crippen LogP contribution in [0.4, 0.5) is 0 Å². The maximum atomic E-state index is 12.7. The average Bonchev–Trinajstić information content (AvgIpc) is 3.06. The molecule has 0 bridgehead atoms. The Labute approximate surface area is 139 Å². The van der Waals surface area contributed by atoms with Gasteiger partial charge in [0.2, 0.25) is 0 Å². The van der Waals surface area contributed by atoms with Gasteiger partial charge in [-0.2, -0.15) is 0 Å². The molecular formula is C15H16Br2N2O2. The molecule has 1 amide bonds. The molecule has 1 unspecified atom stereocenters. The summed E-state index contributed by atoms with van der Waals surface area (Å²) >= 11 is 6.95. The smallest absolute Gasteiger partial charge is 0.256 e. The van der Waals surface area contributed by atoms with Crippen LogP contribution in [-0.4, -0.2) is 40.6 Å². The van der Waals surface area contributed by atoms with Crippen molar-refractivity contribution in [1.82, 2.24) is 9.88 Å². The third-order valence-electron chi connectivity index (χ3n) is 4.06. The molecule has 2 aromatic rings. The molecule has 0 radical (unpaired) electrons. The van der Waals surface area contributed by atoms with Gasteiger partial charge in [-0.1, -0.05) is 0 Å². The summed E-state index contributed by atoms with van der Waals surface area (Å²) in [5.41, 5.74) is 1.65. The van der Waals surface area contributed by atoms with E-state index < -0.39 is 0 Å². The molecule has 1 atom stereocenters. The largest absolute Gasteiger partial charge is 0.396 e. The van der Waals surface area contributed by atoms with Gasteiger partial charge in [-0.25, -0.2) is 0 Å². The molecule has 21 heavy (non-hydrogen) atoms. The van der Waals surface area contributed by atoms with Crippen molar-refractivity contribution >= 4 is 48.7 Å². The first kappa shape index (κ1) is 15.1. The third-order valence-corrected chi connectivity index (χ3v) is 5.91. The average molecular weight is 416 g/mol. The number of benzene rings is 1. The molecule has 0 aliphatic carbocycles. The molecular weight excluding hydrogens is 400 g/mol. The number of halogens is 2. The summed E-state index contributed by atoms with van der Waals surface area (Å²) in [5, 5.41) is 9.95. The number of aromatic nitrogens is 1. The first-order valence-corrected chi connectivity index (χ1v) is 8.55. The van der Waals surface area contributed by atoms with Gasteiger partial charge >= 0.3 is 0 Å². The van der Waals surface area contributed by atoms with Crippen LogP contribution in [-0.2, 0) is 0 Å². The number of hydrogen-bond acceptors (Lipinski definition) is 2. The maximum absolute atomic E-state index is 12.7. The molecule has 1 aliphatic rings. The van der Waals surface area contributed by atoms with Crippen LogP contribution in [0.3, 0.4) is 0 Å². The minimum atomic E-state index is 0.0657. The topological polar surface area (TPSA) is 56.3 Å². The summed E-state index contributed by atoms with van der Waals surface area (Å²) in [6.07, 6.45) is 3.53. The summed E-state index contributed by atoms with van der Waals surface area (Å²) in [7, 11) is 0. The number of likely N-dealkylation sites (tertiary alicyclic amines) is 1. The molecule has 3 rings (SSSR count). The van der Waals surface area contributed by atoms with E-state index in [0.29, 0.717) is 11.5 Å². The first-order valence-electron chi connectivity index (χ1n) is 6.96. The van der Waals surface area contributed by atoms with Gasteiger partial charge in [0.15, 0.2) is 0 Å². The van der Waals surface area contributed by atoms with Gasteiger partial charge in [-0.15, -0.1) is 0 Å².